The molecule has 132 valence electrons. The van der Waals surface area contributed by atoms with E-state index >= 15 is 0 Å². The molecule has 2 aromatic rings. The molecule has 2 aromatic carbocycles. The molecular formula is C19H21ClN2O3. The molecule has 0 saturated carbocycles. The van der Waals surface area contributed by atoms with E-state index in [-0.39, 0.29) is 25.0 Å². The van der Waals surface area contributed by atoms with Crippen molar-refractivity contribution in [3.05, 3.63) is 65.2 Å². The highest BCUT2D eigenvalue weighted by Crippen LogP contribution is 2.18. The molecule has 25 heavy (non-hydrogen) atoms. The minimum absolute atomic E-state index is 0.125. The summed E-state index contributed by atoms with van der Waals surface area (Å²) in [6.45, 7) is 2.61. The molecule has 0 heterocycles. The normalized spacial score (nSPS) is 10.2. The van der Waals surface area contributed by atoms with Gasteiger partial charge in [-0.1, -0.05) is 48.0 Å². The third-order valence-corrected chi connectivity index (χ3v) is 3.89. The quantitative estimate of drug-likeness (QED) is 0.748. The van der Waals surface area contributed by atoms with Crippen molar-refractivity contribution in [1.29, 1.82) is 0 Å². The number of rotatable bonds is 7. The van der Waals surface area contributed by atoms with Gasteiger partial charge in [-0.05, 0) is 30.7 Å². The van der Waals surface area contributed by atoms with Crippen molar-refractivity contribution < 1.29 is 14.3 Å². The van der Waals surface area contributed by atoms with Crippen LogP contribution in [-0.4, -0.2) is 30.1 Å². The molecule has 0 aliphatic heterocycles. The molecule has 0 spiro atoms. The zero-order chi connectivity index (χ0) is 18.1. The van der Waals surface area contributed by atoms with E-state index in [9.17, 15) is 9.59 Å². The van der Waals surface area contributed by atoms with Crippen LogP contribution in [0.2, 0.25) is 5.02 Å². The molecule has 0 atom stereocenters. The number of esters is 1. The van der Waals surface area contributed by atoms with Crippen LogP contribution >= 0.6 is 11.6 Å². The van der Waals surface area contributed by atoms with Crippen molar-refractivity contribution in [1.82, 2.24) is 4.90 Å². The number of anilines is 1. The van der Waals surface area contributed by atoms with E-state index in [1.807, 2.05) is 36.4 Å². The minimum Gasteiger partial charge on any atom is -0.466 e. The second-order valence-electron chi connectivity index (χ2n) is 5.36. The number of nitrogens with zero attached hydrogens (tertiary/aromatic N) is 1. The number of benzene rings is 2. The highest BCUT2D eigenvalue weighted by molar-refractivity contribution is 6.31. The van der Waals surface area contributed by atoms with Gasteiger partial charge >= 0.3 is 12.0 Å². The maximum Gasteiger partial charge on any atom is 0.322 e. The van der Waals surface area contributed by atoms with Crippen LogP contribution in [0.1, 0.15) is 18.9 Å². The van der Waals surface area contributed by atoms with Crippen LogP contribution in [0, 0.1) is 0 Å². The van der Waals surface area contributed by atoms with Gasteiger partial charge in [0.1, 0.15) is 0 Å². The van der Waals surface area contributed by atoms with Gasteiger partial charge in [-0.25, -0.2) is 4.79 Å². The zero-order valence-electron chi connectivity index (χ0n) is 14.1. The number of amides is 2. The van der Waals surface area contributed by atoms with Gasteiger partial charge in [0.05, 0.1) is 13.0 Å². The van der Waals surface area contributed by atoms with Crippen molar-refractivity contribution in [3.8, 4) is 0 Å². The lowest BCUT2D eigenvalue weighted by Gasteiger charge is -2.23. The molecule has 2 rings (SSSR count). The highest BCUT2D eigenvalue weighted by atomic mass is 35.5. The summed E-state index contributed by atoms with van der Waals surface area (Å²) >= 11 is 6.20. The number of hydrogen-bond donors (Lipinski definition) is 1. The van der Waals surface area contributed by atoms with Gasteiger partial charge < -0.3 is 15.0 Å². The van der Waals surface area contributed by atoms with Crippen LogP contribution in [0.4, 0.5) is 10.5 Å². The Bertz CT molecular complexity index is 707. The van der Waals surface area contributed by atoms with Gasteiger partial charge in [-0.3, -0.25) is 4.79 Å². The number of hydrogen-bond acceptors (Lipinski definition) is 3. The first-order chi connectivity index (χ1) is 12.1. The lowest BCUT2D eigenvalue weighted by molar-refractivity contribution is -0.143. The fourth-order valence-corrected chi connectivity index (χ4v) is 2.46. The summed E-state index contributed by atoms with van der Waals surface area (Å²) in [6, 6.07) is 16.2. The summed E-state index contributed by atoms with van der Waals surface area (Å²) in [4.78, 5) is 25.8. The molecule has 0 fully saturated rings. The Morgan fingerprint density at radius 3 is 2.44 bits per heavy atom. The fourth-order valence-electron chi connectivity index (χ4n) is 2.27. The predicted octanol–water partition coefficient (Wildman–Crippen LogP) is 4.33. The molecule has 0 aliphatic rings. The summed E-state index contributed by atoms with van der Waals surface area (Å²) in [6.07, 6.45) is 0.125. The number of para-hydroxylation sites is 1. The molecule has 0 saturated heterocycles. The Morgan fingerprint density at radius 2 is 1.76 bits per heavy atom. The Hall–Kier alpha value is -2.53. The molecule has 0 bridgehead atoms. The Labute approximate surface area is 152 Å². The van der Waals surface area contributed by atoms with Crippen molar-refractivity contribution in [3.63, 3.8) is 0 Å². The van der Waals surface area contributed by atoms with Crippen molar-refractivity contribution in [2.75, 3.05) is 18.5 Å². The standard InChI is InChI=1S/C19H21ClN2O3/c1-2-25-18(23)12-13-22(14-15-8-6-7-11-17(15)20)19(24)21-16-9-4-3-5-10-16/h3-11H,2,12-14H2,1H3,(H,21,24). The molecule has 0 unspecified atom stereocenters. The van der Waals surface area contributed by atoms with Gasteiger partial charge in [0.15, 0.2) is 0 Å². The molecule has 0 radical (unpaired) electrons. The first kappa shape index (κ1) is 18.8. The van der Waals surface area contributed by atoms with E-state index in [1.165, 1.54) is 0 Å². The highest BCUT2D eigenvalue weighted by Gasteiger charge is 2.17. The number of carbonyl (C=O) groups excluding carboxylic acids is 2. The van der Waals surface area contributed by atoms with Gasteiger partial charge in [-0.2, -0.15) is 0 Å². The zero-order valence-corrected chi connectivity index (χ0v) is 14.8. The summed E-state index contributed by atoms with van der Waals surface area (Å²) in [5.74, 6) is -0.334. The lowest BCUT2D eigenvalue weighted by atomic mass is 10.2. The second kappa shape index (κ2) is 9.69. The van der Waals surface area contributed by atoms with E-state index in [0.717, 1.165) is 5.56 Å². The average Bonchev–Trinajstić information content (AvgIpc) is 2.61. The SMILES string of the molecule is CCOC(=O)CCN(Cc1ccccc1Cl)C(=O)Nc1ccccc1. The molecular weight excluding hydrogens is 340 g/mol. The monoisotopic (exact) mass is 360 g/mol. The summed E-state index contributed by atoms with van der Waals surface area (Å²) < 4.78 is 4.94. The lowest BCUT2D eigenvalue weighted by Crippen LogP contribution is -2.36. The summed E-state index contributed by atoms with van der Waals surface area (Å²) in [5, 5.41) is 3.41. The number of nitrogens with one attached hydrogen (secondary N) is 1. The van der Waals surface area contributed by atoms with Crippen molar-refractivity contribution in [2.24, 2.45) is 0 Å². The topological polar surface area (TPSA) is 58.6 Å². The summed E-state index contributed by atoms with van der Waals surface area (Å²) in [5.41, 5.74) is 1.50. The maximum absolute atomic E-state index is 12.6. The fraction of sp³-hybridized carbons (Fsp3) is 0.263. The van der Waals surface area contributed by atoms with Crippen molar-refractivity contribution in [2.45, 2.75) is 19.9 Å². The first-order valence-electron chi connectivity index (χ1n) is 8.10. The molecule has 0 aromatic heterocycles. The van der Waals surface area contributed by atoms with Gasteiger partial charge in [0.25, 0.3) is 0 Å². The number of carbonyl (C=O) groups is 2. The molecule has 0 aliphatic carbocycles. The minimum atomic E-state index is -0.334. The van der Waals surface area contributed by atoms with E-state index in [2.05, 4.69) is 5.32 Å². The van der Waals surface area contributed by atoms with Crippen LogP contribution in [0.15, 0.2) is 54.6 Å². The van der Waals surface area contributed by atoms with Crippen LogP contribution in [0.5, 0.6) is 0 Å². The molecule has 5 nitrogen and oxygen atoms in total. The van der Waals surface area contributed by atoms with Gasteiger partial charge in [0.2, 0.25) is 0 Å². The van der Waals surface area contributed by atoms with E-state index in [0.29, 0.717) is 23.9 Å². The summed E-state index contributed by atoms with van der Waals surface area (Å²) in [7, 11) is 0. The van der Waals surface area contributed by atoms with Crippen molar-refractivity contribution >= 4 is 29.3 Å². The van der Waals surface area contributed by atoms with Crippen LogP contribution < -0.4 is 5.32 Å². The maximum atomic E-state index is 12.6. The number of urea groups is 1. The van der Waals surface area contributed by atoms with Gasteiger partial charge in [0, 0.05) is 23.8 Å². The van der Waals surface area contributed by atoms with E-state index < -0.39 is 0 Å². The second-order valence-corrected chi connectivity index (χ2v) is 5.77. The molecule has 2 amide bonds. The smallest absolute Gasteiger partial charge is 0.322 e. The Balaban J connectivity index is 2.08. The average molecular weight is 361 g/mol. The molecule has 6 heteroatoms. The van der Waals surface area contributed by atoms with Gasteiger partial charge in [-0.15, -0.1) is 0 Å². The third kappa shape index (κ3) is 6.12. The molecule has 1 N–H and O–H groups in total. The number of ether oxygens (including phenoxy) is 1. The Morgan fingerprint density at radius 1 is 1.08 bits per heavy atom. The largest absolute Gasteiger partial charge is 0.466 e. The number of halogens is 1. The Kier molecular flexibility index (Phi) is 7.29. The predicted molar refractivity (Wildman–Crippen MR) is 98.6 cm³/mol. The van der Waals surface area contributed by atoms with Crippen LogP contribution in [0.3, 0.4) is 0 Å². The van der Waals surface area contributed by atoms with Crippen LogP contribution in [0.25, 0.3) is 0 Å². The first-order valence-corrected chi connectivity index (χ1v) is 8.48. The van der Waals surface area contributed by atoms with Crippen LogP contribution in [-0.2, 0) is 16.1 Å². The van der Waals surface area contributed by atoms with E-state index in [1.54, 1.807) is 30.0 Å². The van der Waals surface area contributed by atoms with E-state index in [4.69, 9.17) is 16.3 Å². The third-order valence-electron chi connectivity index (χ3n) is 3.52.